The first-order chi connectivity index (χ1) is 25.3. The fourth-order valence-electron chi connectivity index (χ4n) is 9.78. The molecule has 6 atom stereocenters. The van der Waals surface area contributed by atoms with Crippen molar-refractivity contribution in [2.24, 2.45) is 0 Å². The monoisotopic (exact) mass is 718 g/mol. The summed E-state index contributed by atoms with van der Waals surface area (Å²) in [5.74, 6) is 0.256. The summed E-state index contributed by atoms with van der Waals surface area (Å²) >= 11 is 0. The van der Waals surface area contributed by atoms with E-state index < -0.39 is 15.2 Å². The molecular formula is C44H32O6P2. The quantitative estimate of drug-likeness (QED) is 0.166. The highest BCUT2D eigenvalue weighted by Gasteiger charge is 2.54. The van der Waals surface area contributed by atoms with Gasteiger partial charge in [0.25, 0.3) is 0 Å². The van der Waals surface area contributed by atoms with E-state index in [2.05, 4.69) is 48.5 Å². The van der Waals surface area contributed by atoms with Gasteiger partial charge in [0, 0.05) is 45.9 Å². The molecule has 0 spiro atoms. The molecule has 4 bridgehead atoms. The number of rotatable bonds is 6. The van der Waals surface area contributed by atoms with Gasteiger partial charge in [0.2, 0.25) is 0 Å². The fraction of sp³-hybridized carbons (Fsp3) is 0.136. The van der Waals surface area contributed by atoms with E-state index in [4.69, 9.17) is 9.05 Å². The summed E-state index contributed by atoms with van der Waals surface area (Å²) in [7, 11) is -8.74. The standard InChI is InChI=1S/C44H32O6P2/c45-51(46,29-15-3-1-4-16-29)49-43-39-35-23-37(33-21-27-13-9-7-11-25(27)19-31(33)35)41(39)44(50-52(47,48)30-17-5-2-6-18-30)42-38-24-36(40(42)43)32-20-26-12-8-10-14-28(26)22-34(32)38/h1-22,35-38H,23-24H2,(H,45,46)(H,47,48). The average Bonchev–Trinajstić information content (AvgIpc) is 3.94. The van der Waals surface area contributed by atoms with Crippen molar-refractivity contribution in [2.45, 2.75) is 36.5 Å². The largest absolute Gasteiger partial charge is 0.421 e. The summed E-state index contributed by atoms with van der Waals surface area (Å²) in [6.07, 6.45) is 1.43. The molecule has 2 N–H and O–H groups in total. The molecule has 7 aromatic carbocycles. The van der Waals surface area contributed by atoms with E-state index in [0.717, 1.165) is 66.1 Å². The number of fused-ring (bicyclic) bond motifs is 18. The van der Waals surface area contributed by atoms with E-state index in [9.17, 15) is 18.9 Å². The van der Waals surface area contributed by atoms with E-state index in [1.54, 1.807) is 48.5 Å². The maximum absolute atomic E-state index is 14.4. The molecule has 6 nitrogen and oxygen atoms in total. The zero-order chi connectivity index (χ0) is 34.9. The van der Waals surface area contributed by atoms with Gasteiger partial charge in [0.05, 0.1) is 10.6 Å². The minimum atomic E-state index is -4.37. The maximum Gasteiger partial charge on any atom is 0.408 e. The normalized spacial score (nSPS) is 22.3. The van der Waals surface area contributed by atoms with Gasteiger partial charge in [0.1, 0.15) is 11.5 Å². The van der Waals surface area contributed by atoms with E-state index in [1.807, 2.05) is 36.4 Å². The summed E-state index contributed by atoms with van der Waals surface area (Å²) in [5.41, 5.74) is 7.83. The van der Waals surface area contributed by atoms with Crippen LogP contribution in [0.2, 0.25) is 0 Å². The highest BCUT2D eigenvalue weighted by Crippen LogP contribution is 2.71. The molecular weight excluding hydrogens is 686 g/mol. The van der Waals surface area contributed by atoms with Crippen molar-refractivity contribution in [1.82, 2.24) is 0 Å². The second-order valence-corrected chi connectivity index (χ2v) is 18.0. The van der Waals surface area contributed by atoms with Crippen LogP contribution in [0.3, 0.4) is 0 Å². The van der Waals surface area contributed by atoms with Gasteiger partial charge in [-0.05, 0) is 80.9 Å². The van der Waals surface area contributed by atoms with Crippen molar-refractivity contribution in [3.8, 4) is 11.5 Å². The maximum atomic E-state index is 14.4. The Balaban J connectivity index is 1.21. The molecule has 6 unspecified atom stereocenters. The molecule has 0 fully saturated rings. The second kappa shape index (κ2) is 10.8. The van der Waals surface area contributed by atoms with Gasteiger partial charge in [-0.3, -0.25) is 0 Å². The lowest BCUT2D eigenvalue weighted by Gasteiger charge is -2.33. The van der Waals surface area contributed by atoms with Gasteiger partial charge in [-0.25, -0.2) is 9.13 Å². The number of hydrogen-bond acceptors (Lipinski definition) is 4. The van der Waals surface area contributed by atoms with E-state index >= 15 is 0 Å². The van der Waals surface area contributed by atoms with Gasteiger partial charge in [-0.1, -0.05) is 109 Å². The van der Waals surface area contributed by atoms with Crippen LogP contribution < -0.4 is 19.7 Å². The zero-order valence-electron chi connectivity index (χ0n) is 27.8. The molecule has 0 amide bonds. The van der Waals surface area contributed by atoms with Crippen molar-refractivity contribution in [1.29, 1.82) is 0 Å². The van der Waals surface area contributed by atoms with E-state index in [0.29, 0.717) is 24.3 Å². The van der Waals surface area contributed by atoms with Crippen LogP contribution in [0.15, 0.2) is 133 Å². The Morgan fingerprint density at radius 2 is 0.692 bits per heavy atom. The molecule has 8 heteroatoms. The van der Waals surface area contributed by atoms with Crippen LogP contribution in [0.1, 0.15) is 81.0 Å². The second-order valence-electron chi connectivity index (χ2n) is 14.5. The van der Waals surface area contributed by atoms with Crippen LogP contribution in [-0.4, -0.2) is 9.79 Å². The van der Waals surface area contributed by atoms with Gasteiger partial charge < -0.3 is 18.8 Å². The molecule has 0 heterocycles. The SMILES string of the molecule is O=P(O)(Oc1c2c(c(OP(=O)(O)c3ccccc3)c3c1C1CC3c3cc4ccccc4cc31)C1CC2c2cc3ccccc3cc21)c1ccccc1. The smallest absolute Gasteiger partial charge is 0.408 e. The minimum absolute atomic E-state index is 0.150. The van der Waals surface area contributed by atoms with Crippen LogP contribution >= 0.6 is 15.2 Å². The Morgan fingerprint density at radius 3 is 0.981 bits per heavy atom. The predicted octanol–water partition coefficient (Wildman–Crippen LogP) is 9.73. The van der Waals surface area contributed by atoms with Crippen molar-refractivity contribution in [2.75, 3.05) is 0 Å². The van der Waals surface area contributed by atoms with Crippen LogP contribution in [0.5, 0.6) is 11.5 Å². The van der Waals surface area contributed by atoms with Crippen LogP contribution in [0.25, 0.3) is 21.5 Å². The van der Waals surface area contributed by atoms with Crippen LogP contribution in [0.4, 0.5) is 0 Å². The zero-order valence-corrected chi connectivity index (χ0v) is 29.6. The Hall–Kier alpha value is -4.96. The molecule has 4 aliphatic rings. The first kappa shape index (κ1) is 30.6. The van der Waals surface area contributed by atoms with Gasteiger partial charge in [0.15, 0.2) is 0 Å². The number of hydrogen-bond donors (Lipinski definition) is 2. The molecule has 0 saturated carbocycles. The summed E-state index contributed by atoms with van der Waals surface area (Å²) in [6, 6.07) is 42.6. The Kier molecular flexibility index (Phi) is 6.36. The molecule has 4 aliphatic carbocycles. The lowest BCUT2D eigenvalue weighted by atomic mass is 9.77. The van der Waals surface area contributed by atoms with Crippen molar-refractivity contribution in [3.05, 3.63) is 178 Å². The third kappa shape index (κ3) is 4.27. The van der Waals surface area contributed by atoms with Crippen LogP contribution in [-0.2, 0) is 9.13 Å². The molecule has 0 saturated heterocycles. The van der Waals surface area contributed by atoms with Crippen molar-refractivity contribution in [3.63, 3.8) is 0 Å². The third-order valence-corrected chi connectivity index (χ3v) is 14.7. The highest BCUT2D eigenvalue weighted by molar-refractivity contribution is 7.62. The summed E-state index contributed by atoms with van der Waals surface area (Å²) in [5, 5.41) is 4.91. The predicted molar refractivity (Wildman–Crippen MR) is 204 cm³/mol. The molecule has 254 valence electrons. The molecule has 0 aromatic heterocycles. The van der Waals surface area contributed by atoms with Crippen molar-refractivity contribution < 1.29 is 28.0 Å². The van der Waals surface area contributed by atoms with E-state index in [-0.39, 0.29) is 34.3 Å². The summed E-state index contributed by atoms with van der Waals surface area (Å²) in [6.45, 7) is 0. The fourth-order valence-corrected chi connectivity index (χ4v) is 12.0. The van der Waals surface area contributed by atoms with Gasteiger partial charge in [-0.2, -0.15) is 0 Å². The lowest BCUT2D eigenvalue weighted by molar-refractivity contribution is 0.382. The van der Waals surface area contributed by atoms with Gasteiger partial charge >= 0.3 is 15.2 Å². The highest BCUT2D eigenvalue weighted by atomic mass is 31.2. The molecule has 7 aromatic rings. The first-order valence-corrected chi connectivity index (χ1v) is 20.9. The topological polar surface area (TPSA) is 93.1 Å². The molecule has 0 aliphatic heterocycles. The Morgan fingerprint density at radius 1 is 0.423 bits per heavy atom. The van der Waals surface area contributed by atoms with Crippen molar-refractivity contribution >= 4 is 47.3 Å². The van der Waals surface area contributed by atoms with Crippen LogP contribution in [0, 0.1) is 0 Å². The summed E-state index contributed by atoms with van der Waals surface area (Å²) in [4.78, 5) is 23.5. The first-order valence-electron chi connectivity index (χ1n) is 17.7. The Labute approximate surface area is 300 Å². The lowest BCUT2D eigenvalue weighted by Crippen LogP contribution is -2.18. The Bertz CT molecular complexity index is 2450. The van der Waals surface area contributed by atoms with E-state index in [1.165, 1.54) is 0 Å². The third-order valence-electron chi connectivity index (χ3n) is 11.9. The molecule has 11 rings (SSSR count). The molecule has 52 heavy (non-hydrogen) atoms. The molecule has 0 radical (unpaired) electrons. The van der Waals surface area contributed by atoms with Gasteiger partial charge in [-0.15, -0.1) is 0 Å². The number of benzene rings is 7. The average molecular weight is 719 g/mol. The minimum Gasteiger partial charge on any atom is -0.421 e. The summed E-state index contributed by atoms with van der Waals surface area (Å²) < 4.78 is 41.9.